The minimum absolute atomic E-state index is 0.0228. The van der Waals surface area contributed by atoms with Gasteiger partial charge in [0.1, 0.15) is 17.2 Å². The van der Waals surface area contributed by atoms with Gasteiger partial charge in [-0.3, -0.25) is 14.0 Å². The molecule has 9 heteroatoms. The fraction of sp³-hybridized carbons (Fsp3) is 0.375. The smallest absolute Gasteiger partial charge is 0.255 e. The Bertz CT molecular complexity index is 1350. The van der Waals surface area contributed by atoms with Crippen LogP contribution in [0, 0.1) is 5.82 Å². The molecule has 2 atom stereocenters. The van der Waals surface area contributed by atoms with Crippen LogP contribution < -0.4 is 9.62 Å². The lowest BCUT2D eigenvalue weighted by Crippen LogP contribution is -2.40. The summed E-state index contributed by atoms with van der Waals surface area (Å²) in [5.41, 5.74) is 2.74. The fourth-order valence-corrected chi connectivity index (χ4v) is 6.16. The topological polar surface area (TPSA) is 82.9 Å². The van der Waals surface area contributed by atoms with Crippen molar-refractivity contribution < 1.29 is 22.0 Å². The number of rotatable bonds is 3. The third-order valence-electron chi connectivity index (χ3n) is 6.81. The van der Waals surface area contributed by atoms with Gasteiger partial charge < -0.3 is 9.73 Å². The van der Waals surface area contributed by atoms with E-state index in [9.17, 15) is 17.6 Å². The van der Waals surface area contributed by atoms with Crippen LogP contribution in [0.25, 0.3) is 22.3 Å². The number of furan rings is 1. The number of halogens is 1. The second-order valence-electron chi connectivity index (χ2n) is 8.80. The summed E-state index contributed by atoms with van der Waals surface area (Å²) in [6.07, 6.45) is 3.19. The zero-order valence-electron chi connectivity index (χ0n) is 18.8. The van der Waals surface area contributed by atoms with Crippen LogP contribution in [0.1, 0.15) is 41.7 Å². The Kier molecular flexibility index (Phi) is 5.21. The lowest BCUT2D eigenvalue weighted by atomic mass is 9.99. The largest absolute Gasteiger partial charge is 0.455 e. The molecule has 2 aliphatic heterocycles. The monoisotopic (exact) mass is 471 g/mol. The van der Waals surface area contributed by atoms with Gasteiger partial charge in [0.05, 0.1) is 17.5 Å². The van der Waals surface area contributed by atoms with Gasteiger partial charge in [0.15, 0.2) is 0 Å². The fourth-order valence-electron chi connectivity index (χ4n) is 5.20. The summed E-state index contributed by atoms with van der Waals surface area (Å²) in [5.74, 6) is -0.392. The number of carbonyl (C=O) groups excluding carboxylic acids is 1. The molecule has 1 amide bonds. The number of nitrogens with one attached hydrogen (secondary N) is 1. The highest BCUT2D eigenvalue weighted by molar-refractivity contribution is 7.92. The number of carbonyl (C=O) groups is 1. The molecule has 0 aliphatic carbocycles. The highest BCUT2D eigenvalue weighted by Crippen LogP contribution is 2.44. The number of anilines is 1. The summed E-state index contributed by atoms with van der Waals surface area (Å²) in [6, 6.07) is 9.47. The van der Waals surface area contributed by atoms with E-state index in [2.05, 4.69) is 17.1 Å². The third kappa shape index (κ3) is 3.59. The van der Waals surface area contributed by atoms with E-state index < -0.39 is 10.0 Å². The first kappa shape index (κ1) is 21.9. The third-order valence-corrected chi connectivity index (χ3v) is 7.96. The Labute approximate surface area is 192 Å². The van der Waals surface area contributed by atoms with Gasteiger partial charge in [-0.25, -0.2) is 12.8 Å². The molecular weight excluding hydrogens is 445 g/mol. The second kappa shape index (κ2) is 7.85. The molecule has 1 aromatic heterocycles. The predicted molar refractivity (Wildman–Crippen MR) is 125 cm³/mol. The number of benzene rings is 2. The zero-order chi connectivity index (χ0) is 23.5. The molecule has 3 heterocycles. The van der Waals surface area contributed by atoms with E-state index in [1.807, 2.05) is 6.07 Å². The van der Waals surface area contributed by atoms with E-state index in [-0.39, 0.29) is 23.8 Å². The van der Waals surface area contributed by atoms with E-state index in [1.165, 1.54) is 22.7 Å². The average Bonchev–Trinajstić information content (AvgIpc) is 3.37. The van der Waals surface area contributed by atoms with E-state index >= 15 is 0 Å². The standard InChI is InChI=1S/C24H26FN3O4S/c1-14-18-11-19-21(12-20(18)28(33(3,30)31)13-17-5-4-10-27(14)17)32-23(22(19)24(29)26-2)15-6-8-16(25)9-7-15/h6-9,11-12,14,17H,4-5,10,13H2,1-3H3,(H,26,29)/t14-,17?/m1/s1. The molecule has 1 N–H and O–H groups in total. The molecule has 1 unspecified atom stereocenters. The first-order chi connectivity index (χ1) is 15.7. The summed E-state index contributed by atoms with van der Waals surface area (Å²) in [5, 5.41) is 3.27. The van der Waals surface area contributed by atoms with Gasteiger partial charge in [-0.15, -0.1) is 0 Å². The zero-order valence-corrected chi connectivity index (χ0v) is 19.6. The van der Waals surface area contributed by atoms with Crippen molar-refractivity contribution in [2.75, 3.05) is 30.7 Å². The molecule has 2 aliphatic rings. The maximum absolute atomic E-state index is 13.5. The first-order valence-corrected chi connectivity index (χ1v) is 12.9. The van der Waals surface area contributed by atoms with Gasteiger partial charge >= 0.3 is 0 Å². The van der Waals surface area contributed by atoms with Crippen LogP contribution in [0.15, 0.2) is 40.8 Å². The minimum atomic E-state index is -3.53. The van der Waals surface area contributed by atoms with Crippen LogP contribution in [-0.2, 0) is 10.0 Å². The van der Waals surface area contributed by atoms with E-state index in [4.69, 9.17) is 4.42 Å². The molecule has 174 valence electrons. The van der Waals surface area contributed by atoms with Crippen LogP contribution in [0.5, 0.6) is 0 Å². The molecule has 7 nitrogen and oxygen atoms in total. The molecular formula is C24H26FN3O4S. The number of sulfonamides is 1. The Balaban J connectivity index is 1.79. The first-order valence-electron chi connectivity index (χ1n) is 11.0. The summed E-state index contributed by atoms with van der Waals surface area (Å²) < 4.78 is 46.7. The molecule has 0 saturated carbocycles. The van der Waals surface area contributed by atoms with Crippen molar-refractivity contribution >= 4 is 32.6 Å². The van der Waals surface area contributed by atoms with Gasteiger partial charge in [-0.05, 0) is 62.2 Å². The van der Waals surface area contributed by atoms with Crippen molar-refractivity contribution in [3.8, 4) is 11.3 Å². The Hall–Kier alpha value is -2.91. The quantitative estimate of drug-likeness (QED) is 0.627. The van der Waals surface area contributed by atoms with Crippen molar-refractivity contribution in [3.05, 3.63) is 53.3 Å². The molecule has 3 aromatic rings. The van der Waals surface area contributed by atoms with Crippen molar-refractivity contribution in [3.63, 3.8) is 0 Å². The van der Waals surface area contributed by atoms with Crippen molar-refractivity contribution in [1.82, 2.24) is 10.2 Å². The van der Waals surface area contributed by atoms with Crippen molar-refractivity contribution in [2.24, 2.45) is 0 Å². The maximum Gasteiger partial charge on any atom is 0.255 e. The highest BCUT2D eigenvalue weighted by atomic mass is 32.2. The number of amides is 1. The lowest BCUT2D eigenvalue weighted by molar-refractivity contribution is 0.0964. The molecule has 33 heavy (non-hydrogen) atoms. The predicted octanol–water partition coefficient (Wildman–Crippen LogP) is 3.90. The number of hydrogen-bond donors (Lipinski definition) is 1. The molecule has 5 rings (SSSR count). The normalized spacial score (nSPS) is 21.0. The Morgan fingerprint density at radius 2 is 1.94 bits per heavy atom. The average molecular weight is 472 g/mol. The van der Waals surface area contributed by atoms with E-state index in [1.54, 1.807) is 25.2 Å². The van der Waals surface area contributed by atoms with Crippen LogP contribution in [0.2, 0.25) is 0 Å². The molecule has 1 fully saturated rings. The van der Waals surface area contributed by atoms with Crippen LogP contribution in [0.4, 0.5) is 10.1 Å². The minimum Gasteiger partial charge on any atom is -0.455 e. The van der Waals surface area contributed by atoms with Crippen LogP contribution in [-0.4, -0.2) is 51.7 Å². The molecule has 0 radical (unpaired) electrons. The highest BCUT2D eigenvalue weighted by Gasteiger charge is 2.39. The van der Waals surface area contributed by atoms with Crippen LogP contribution in [0.3, 0.4) is 0 Å². The Morgan fingerprint density at radius 3 is 2.61 bits per heavy atom. The summed E-state index contributed by atoms with van der Waals surface area (Å²) in [7, 11) is -1.99. The SMILES string of the molecule is CNC(=O)c1c(-c2ccc(F)cc2)oc2cc3c(cc12)[C@@H](C)N1CCCC1CN3S(C)(=O)=O. The Morgan fingerprint density at radius 1 is 1.21 bits per heavy atom. The molecule has 1 saturated heterocycles. The number of fused-ring (bicyclic) bond motifs is 3. The van der Waals surface area contributed by atoms with Crippen LogP contribution >= 0.6 is 0 Å². The second-order valence-corrected chi connectivity index (χ2v) is 10.7. The van der Waals surface area contributed by atoms with Gasteiger partial charge in [-0.1, -0.05) is 0 Å². The van der Waals surface area contributed by atoms with E-state index in [0.717, 1.165) is 24.9 Å². The van der Waals surface area contributed by atoms with Gasteiger partial charge in [-0.2, -0.15) is 0 Å². The van der Waals surface area contributed by atoms with Gasteiger partial charge in [0.25, 0.3) is 5.91 Å². The molecule has 0 bridgehead atoms. The van der Waals surface area contributed by atoms with Gasteiger partial charge in [0.2, 0.25) is 10.0 Å². The summed E-state index contributed by atoms with van der Waals surface area (Å²) >= 11 is 0. The van der Waals surface area contributed by atoms with E-state index in [0.29, 0.717) is 40.1 Å². The number of hydrogen-bond acceptors (Lipinski definition) is 5. The molecule has 2 aromatic carbocycles. The van der Waals surface area contributed by atoms with Gasteiger partial charge in [0, 0.05) is 42.7 Å². The van der Waals surface area contributed by atoms with Crippen molar-refractivity contribution in [2.45, 2.75) is 31.8 Å². The number of nitrogens with zero attached hydrogens (tertiary/aromatic N) is 2. The summed E-state index contributed by atoms with van der Waals surface area (Å²) in [6.45, 7) is 3.36. The summed E-state index contributed by atoms with van der Waals surface area (Å²) in [4.78, 5) is 15.3. The lowest BCUT2D eigenvalue weighted by Gasteiger charge is -2.28. The maximum atomic E-state index is 13.5. The molecule has 0 spiro atoms. The van der Waals surface area contributed by atoms with Crippen molar-refractivity contribution in [1.29, 1.82) is 0 Å².